The monoisotopic (exact) mass is 719 g/mol. The summed E-state index contributed by atoms with van der Waals surface area (Å²) in [7, 11) is -4.66. The molecule has 48 heavy (non-hydrogen) atoms. The molecule has 0 aliphatic heterocycles. The number of hydrogen-bond donors (Lipinski definition) is 1. The van der Waals surface area contributed by atoms with Crippen LogP contribution in [0.1, 0.15) is 37.0 Å². The Morgan fingerprint density at radius 2 is 1.48 bits per heavy atom. The predicted octanol–water partition coefficient (Wildman–Crippen LogP) is 7.76. The van der Waals surface area contributed by atoms with Crippen molar-refractivity contribution in [3.63, 3.8) is 0 Å². The van der Waals surface area contributed by atoms with Crippen LogP contribution in [0.4, 0.5) is 18.9 Å². The standard InChI is InChI=1S/C35H34Cl2F3N3O4S/c1-3-24(2)41-34(45)32(20-25-11-6-4-7-12-25)42(22-26-13-10-14-28(36)19-26)33(44)23-43(48(46,47)29-15-8-5-9-16-29)31-21-27(35(38,39)40)17-18-30(31)37/h4-19,21,24,32H,3,20,22-23H2,1-2H3,(H,41,45)/t24-,32+/m0/s1. The Balaban J connectivity index is 1.87. The van der Waals surface area contributed by atoms with E-state index in [-0.39, 0.29) is 28.9 Å². The summed E-state index contributed by atoms with van der Waals surface area (Å²) in [6.45, 7) is 2.56. The molecule has 0 saturated carbocycles. The number of halogens is 5. The molecule has 2 atom stereocenters. The van der Waals surface area contributed by atoms with Crippen LogP contribution in [0.25, 0.3) is 0 Å². The number of carbonyl (C=O) groups is 2. The maximum absolute atomic E-state index is 14.5. The molecule has 4 aromatic carbocycles. The lowest BCUT2D eigenvalue weighted by molar-refractivity contribution is -0.140. The van der Waals surface area contributed by atoms with E-state index in [1.165, 1.54) is 29.2 Å². The lowest BCUT2D eigenvalue weighted by atomic mass is 10.0. The normalized spacial score (nSPS) is 13.0. The Bertz CT molecular complexity index is 1830. The molecule has 2 amide bonds. The number of rotatable bonds is 13. The maximum atomic E-state index is 14.5. The molecule has 254 valence electrons. The van der Waals surface area contributed by atoms with Crippen molar-refractivity contribution in [1.29, 1.82) is 0 Å². The van der Waals surface area contributed by atoms with Crippen LogP contribution in [0.3, 0.4) is 0 Å². The molecule has 0 bridgehead atoms. The van der Waals surface area contributed by atoms with Gasteiger partial charge in [-0.25, -0.2) is 8.42 Å². The highest BCUT2D eigenvalue weighted by Gasteiger charge is 2.37. The number of sulfonamides is 1. The van der Waals surface area contributed by atoms with Gasteiger partial charge in [0.2, 0.25) is 11.8 Å². The Morgan fingerprint density at radius 1 is 0.854 bits per heavy atom. The SMILES string of the molecule is CC[C@H](C)NC(=O)[C@@H](Cc1ccccc1)N(Cc1cccc(Cl)c1)C(=O)CN(c1cc(C(F)(F)F)ccc1Cl)S(=O)(=O)c1ccccc1. The van der Waals surface area contributed by atoms with E-state index >= 15 is 0 Å². The second kappa shape index (κ2) is 15.9. The molecule has 0 aromatic heterocycles. The fraction of sp³-hybridized carbons (Fsp3) is 0.257. The first-order chi connectivity index (χ1) is 22.7. The lowest BCUT2D eigenvalue weighted by Crippen LogP contribution is -2.54. The van der Waals surface area contributed by atoms with Gasteiger partial charge in [0.1, 0.15) is 12.6 Å². The quantitative estimate of drug-likeness (QED) is 0.153. The molecule has 0 saturated heterocycles. The molecule has 0 fully saturated rings. The minimum Gasteiger partial charge on any atom is -0.352 e. The van der Waals surface area contributed by atoms with Crippen LogP contribution >= 0.6 is 23.2 Å². The van der Waals surface area contributed by atoms with Gasteiger partial charge in [0, 0.05) is 24.0 Å². The Morgan fingerprint density at radius 3 is 2.08 bits per heavy atom. The first kappa shape index (κ1) is 36.8. The molecule has 13 heteroatoms. The van der Waals surface area contributed by atoms with Crippen LogP contribution in [-0.2, 0) is 38.8 Å². The number of hydrogen-bond acceptors (Lipinski definition) is 4. The largest absolute Gasteiger partial charge is 0.416 e. The molecule has 1 N–H and O–H groups in total. The number of anilines is 1. The van der Waals surface area contributed by atoms with Crippen molar-refractivity contribution < 1.29 is 31.2 Å². The van der Waals surface area contributed by atoms with Gasteiger partial charge >= 0.3 is 6.18 Å². The zero-order valence-corrected chi connectivity index (χ0v) is 28.5. The van der Waals surface area contributed by atoms with Crippen molar-refractivity contribution in [2.24, 2.45) is 0 Å². The van der Waals surface area contributed by atoms with Crippen molar-refractivity contribution >= 4 is 50.7 Å². The summed E-state index contributed by atoms with van der Waals surface area (Å²) < 4.78 is 70.3. The molecule has 0 unspecified atom stereocenters. The van der Waals surface area contributed by atoms with Crippen LogP contribution < -0.4 is 9.62 Å². The van der Waals surface area contributed by atoms with Gasteiger partial charge in [0.15, 0.2) is 0 Å². The van der Waals surface area contributed by atoms with Crippen LogP contribution in [0, 0.1) is 0 Å². The molecule has 0 radical (unpaired) electrons. The summed E-state index contributed by atoms with van der Waals surface area (Å²) >= 11 is 12.6. The first-order valence-corrected chi connectivity index (χ1v) is 17.2. The van der Waals surface area contributed by atoms with Crippen molar-refractivity contribution in [2.75, 3.05) is 10.8 Å². The van der Waals surface area contributed by atoms with Crippen LogP contribution in [0.2, 0.25) is 10.0 Å². The smallest absolute Gasteiger partial charge is 0.352 e. The van der Waals surface area contributed by atoms with E-state index in [0.29, 0.717) is 27.4 Å². The van der Waals surface area contributed by atoms with Gasteiger partial charge in [-0.15, -0.1) is 0 Å². The third-order valence-electron chi connectivity index (χ3n) is 7.67. The minimum absolute atomic E-state index is 0.0607. The zero-order chi connectivity index (χ0) is 35.1. The highest BCUT2D eigenvalue weighted by atomic mass is 35.5. The summed E-state index contributed by atoms with van der Waals surface area (Å²) in [6, 6.07) is 23.4. The Kier molecular flexibility index (Phi) is 12.2. The third kappa shape index (κ3) is 9.30. The number of alkyl halides is 3. The highest BCUT2D eigenvalue weighted by Crippen LogP contribution is 2.37. The molecular weight excluding hydrogens is 686 g/mol. The summed E-state index contributed by atoms with van der Waals surface area (Å²) in [5, 5.41) is 2.96. The molecular formula is C35H34Cl2F3N3O4S. The van der Waals surface area contributed by atoms with Gasteiger partial charge in [0.05, 0.1) is 21.2 Å². The van der Waals surface area contributed by atoms with E-state index in [4.69, 9.17) is 23.2 Å². The number of carbonyl (C=O) groups excluding carboxylic acids is 2. The van der Waals surface area contributed by atoms with Gasteiger partial charge in [-0.05, 0) is 66.9 Å². The molecule has 0 aliphatic carbocycles. The summed E-state index contributed by atoms with van der Waals surface area (Å²) in [6.07, 6.45) is -4.17. The molecule has 4 rings (SSSR count). The fourth-order valence-electron chi connectivity index (χ4n) is 4.94. The first-order valence-electron chi connectivity index (χ1n) is 15.0. The zero-order valence-electron chi connectivity index (χ0n) is 26.1. The van der Waals surface area contributed by atoms with Crippen molar-refractivity contribution in [3.05, 3.63) is 130 Å². The van der Waals surface area contributed by atoms with Gasteiger partial charge in [-0.3, -0.25) is 13.9 Å². The van der Waals surface area contributed by atoms with Crippen LogP contribution in [0.15, 0.2) is 108 Å². The fourth-order valence-corrected chi connectivity index (χ4v) is 6.87. The number of benzene rings is 4. The predicted molar refractivity (Wildman–Crippen MR) is 181 cm³/mol. The average Bonchev–Trinajstić information content (AvgIpc) is 3.05. The topological polar surface area (TPSA) is 86.8 Å². The van der Waals surface area contributed by atoms with Gasteiger partial charge < -0.3 is 10.2 Å². The van der Waals surface area contributed by atoms with Crippen LogP contribution in [-0.4, -0.2) is 43.8 Å². The maximum Gasteiger partial charge on any atom is 0.416 e. The van der Waals surface area contributed by atoms with Gasteiger partial charge in [0.25, 0.3) is 10.0 Å². The summed E-state index contributed by atoms with van der Waals surface area (Å²) in [4.78, 5) is 29.4. The number of nitrogens with one attached hydrogen (secondary N) is 1. The lowest BCUT2D eigenvalue weighted by Gasteiger charge is -2.34. The molecule has 4 aromatic rings. The van der Waals surface area contributed by atoms with E-state index in [0.717, 1.165) is 17.7 Å². The van der Waals surface area contributed by atoms with Gasteiger partial charge in [-0.1, -0.05) is 90.8 Å². The van der Waals surface area contributed by atoms with Crippen molar-refractivity contribution in [2.45, 2.75) is 56.4 Å². The van der Waals surface area contributed by atoms with E-state index < -0.39 is 51.9 Å². The third-order valence-corrected chi connectivity index (χ3v) is 9.99. The van der Waals surface area contributed by atoms with E-state index in [2.05, 4.69) is 5.32 Å². The van der Waals surface area contributed by atoms with E-state index in [1.54, 1.807) is 60.7 Å². The summed E-state index contributed by atoms with van der Waals surface area (Å²) in [5.41, 5.74) is -0.441. The number of nitrogens with zero attached hydrogens (tertiary/aromatic N) is 2. The molecule has 0 aliphatic rings. The summed E-state index contributed by atoms with van der Waals surface area (Å²) in [5.74, 6) is -1.35. The Hall–Kier alpha value is -4.06. The van der Waals surface area contributed by atoms with E-state index in [1.807, 2.05) is 13.8 Å². The molecule has 7 nitrogen and oxygen atoms in total. The second-order valence-corrected chi connectivity index (χ2v) is 13.9. The highest BCUT2D eigenvalue weighted by molar-refractivity contribution is 7.92. The van der Waals surface area contributed by atoms with E-state index in [9.17, 15) is 31.2 Å². The Labute approximate surface area is 288 Å². The van der Waals surface area contributed by atoms with Crippen molar-refractivity contribution in [1.82, 2.24) is 10.2 Å². The minimum atomic E-state index is -4.83. The number of amides is 2. The molecule has 0 heterocycles. The second-order valence-electron chi connectivity index (χ2n) is 11.2. The average molecular weight is 721 g/mol. The molecule has 0 spiro atoms. The van der Waals surface area contributed by atoms with Crippen molar-refractivity contribution in [3.8, 4) is 0 Å². The van der Waals surface area contributed by atoms with Crippen LogP contribution in [0.5, 0.6) is 0 Å². The van der Waals surface area contributed by atoms with Gasteiger partial charge in [-0.2, -0.15) is 13.2 Å².